The normalized spacial score (nSPS) is 23.9. The van der Waals surface area contributed by atoms with Gasteiger partial charge in [-0.1, -0.05) is 13.0 Å². The molecule has 2 unspecified atom stereocenters. The van der Waals surface area contributed by atoms with E-state index in [0.29, 0.717) is 0 Å². The van der Waals surface area contributed by atoms with Crippen LogP contribution in [0.3, 0.4) is 0 Å². The van der Waals surface area contributed by atoms with Crippen LogP contribution in [0, 0.1) is 5.82 Å². The Bertz CT molecular complexity index is 406. The van der Waals surface area contributed by atoms with Crippen molar-refractivity contribution in [2.45, 2.75) is 29.4 Å². The van der Waals surface area contributed by atoms with Crippen LogP contribution in [0.4, 0.5) is 4.39 Å². The standard InChI is InChI=1S/C11H11FO2S/c1-6-9(5-11(13)14)8-3-2-7(12)4-10(8)15-6/h2-4,6,9H,5H2,1H3,(H,13,14). The van der Waals surface area contributed by atoms with Crippen LogP contribution in [0.5, 0.6) is 0 Å². The van der Waals surface area contributed by atoms with Crippen LogP contribution in [-0.2, 0) is 4.79 Å². The number of carboxylic acids is 1. The summed E-state index contributed by atoms with van der Waals surface area (Å²) < 4.78 is 12.9. The van der Waals surface area contributed by atoms with Crippen LogP contribution in [0.25, 0.3) is 0 Å². The molecule has 0 saturated carbocycles. The highest BCUT2D eigenvalue weighted by molar-refractivity contribution is 8.00. The molecule has 15 heavy (non-hydrogen) atoms. The molecule has 0 saturated heterocycles. The summed E-state index contributed by atoms with van der Waals surface area (Å²) in [5.74, 6) is -1.06. The summed E-state index contributed by atoms with van der Waals surface area (Å²) in [7, 11) is 0. The van der Waals surface area contributed by atoms with Gasteiger partial charge >= 0.3 is 5.97 Å². The minimum Gasteiger partial charge on any atom is -0.481 e. The summed E-state index contributed by atoms with van der Waals surface area (Å²) >= 11 is 1.55. The van der Waals surface area contributed by atoms with E-state index >= 15 is 0 Å². The van der Waals surface area contributed by atoms with E-state index in [2.05, 4.69) is 0 Å². The van der Waals surface area contributed by atoms with Crippen molar-refractivity contribution >= 4 is 17.7 Å². The molecule has 1 N–H and O–H groups in total. The number of thioether (sulfide) groups is 1. The van der Waals surface area contributed by atoms with Crippen molar-refractivity contribution < 1.29 is 14.3 Å². The van der Waals surface area contributed by atoms with Gasteiger partial charge in [0.1, 0.15) is 5.82 Å². The second-order valence-electron chi connectivity index (χ2n) is 3.71. The van der Waals surface area contributed by atoms with Crippen LogP contribution in [-0.4, -0.2) is 16.3 Å². The van der Waals surface area contributed by atoms with Crippen LogP contribution in [0.15, 0.2) is 23.1 Å². The summed E-state index contributed by atoms with van der Waals surface area (Å²) in [4.78, 5) is 11.6. The largest absolute Gasteiger partial charge is 0.481 e. The van der Waals surface area contributed by atoms with E-state index in [4.69, 9.17) is 5.11 Å². The quantitative estimate of drug-likeness (QED) is 0.842. The predicted octanol–water partition coefficient (Wildman–Crippen LogP) is 2.88. The fourth-order valence-electron chi connectivity index (χ4n) is 1.92. The number of rotatable bonds is 2. The van der Waals surface area contributed by atoms with E-state index in [-0.39, 0.29) is 23.4 Å². The summed E-state index contributed by atoms with van der Waals surface area (Å²) in [6, 6.07) is 4.58. The Labute approximate surface area is 91.5 Å². The Kier molecular flexibility index (Phi) is 2.69. The SMILES string of the molecule is CC1Sc2cc(F)ccc2C1CC(=O)O. The number of benzene rings is 1. The van der Waals surface area contributed by atoms with Crippen molar-refractivity contribution in [2.24, 2.45) is 0 Å². The molecule has 2 nitrogen and oxygen atoms in total. The third kappa shape index (κ3) is 2.00. The number of hydrogen-bond donors (Lipinski definition) is 1. The Balaban J connectivity index is 2.33. The molecule has 0 aliphatic carbocycles. The molecule has 80 valence electrons. The van der Waals surface area contributed by atoms with E-state index in [1.807, 2.05) is 6.92 Å². The topological polar surface area (TPSA) is 37.3 Å². The molecule has 0 spiro atoms. The van der Waals surface area contributed by atoms with E-state index in [1.54, 1.807) is 17.8 Å². The van der Waals surface area contributed by atoms with Gasteiger partial charge in [-0.2, -0.15) is 0 Å². The minimum absolute atomic E-state index is 0.00287. The van der Waals surface area contributed by atoms with Crippen molar-refractivity contribution in [3.05, 3.63) is 29.6 Å². The van der Waals surface area contributed by atoms with Crippen molar-refractivity contribution in [1.29, 1.82) is 0 Å². The number of hydrogen-bond acceptors (Lipinski definition) is 2. The predicted molar refractivity (Wildman–Crippen MR) is 56.7 cm³/mol. The highest BCUT2D eigenvalue weighted by atomic mass is 32.2. The molecule has 1 heterocycles. The van der Waals surface area contributed by atoms with Crippen LogP contribution < -0.4 is 0 Å². The monoisotopic (exact) mass is 226 g/mol. The Morgan fingerprint density at radius 3 is 3.00 bits per heavy atom. The molecule has 0 fully saturated rings. The maximum absolute atomic E-state index is 12.9. The smallest absolute Gasteiger partial charge is 0.304 e. The number of fused-ring (bicyclic) bond motifs is 1. The van der Waals surface area contributed by atoms with Crippen LogP contribution >= 0.6 is 11.8 Å². The molecule has 2 atom stereocenters. The first-order valence-corrected chi connectivity index (χ1v) is 5.64. The molecule has 0 amide bonds. The van der Waals surface area contributed by atoms with Crippen molar-refractivity contribution in [3.63, 3.8) is 0 Å². The molecule has 0 radical (unpaired) electrons. The number of aliphatic carboxylic acids is 1. The first kappa shape index (κ1) is 10.5. The number of halogens is 1. The van der Waals surface area contributed by atoms with E-state index in [1.165, 1.54) is 12.1 Å². The van der Waals surface area contributed by atoms with Gasteiger partial charge in [-0.05, 0) is 17.7 Å². The zero-order valence-corrected chi connectivity index (χ0v) is 9.05. The van der Waals surface area contributed by atoms with Crippen LogP contribution in [0.1, 0.15) is 24.8 Å². The van der Waals surface area contributed by atoms with Gasteiger partial charge in [0.25, 0.3) is 0 Å². The Hall–Kier alpha value is -1.03. The van der Waals surface area contributed by atoms with E-state index in [9.17, 15) is 9.18 Å². The maximum Gasteiger partial charge on any atom is 0.304 e. The van der Waals surface area contributed by atoms with E-state index in [0.717, 1.165) is 10.5 Å². The zero-order chi connectivity index (χ0) is 11.0. The third-order valence-electron chi connectivity index (χ3n) is 2.65. The third-order valence-corrected chi connectivity index (χ3v) is 3.96. The first-order valence-electron chi connectivity index (χ1n) is 4.76. The van der Waals surface area contributed by atoms with Crippen molar-refractivity contribution in [3.8, 4) is 0 Å². The molecule has 1 aliphatic heterocycles. The molecule has 1 aliphatic rings. The lowest BCUT2D eigenvalue weighted by Gasteiger charge is -2.12. The van der Waals surface area contributed by atoms with Gasteiger partial charge in [0, 0.05) is 16.1 Å². The number of carbonyl (C=O) groups is 1. The lowest BCUT2D eigenvalue weighted by atomic mass is 9.93. The van der Waals surface area contributed by atoms with Crippen LogP contribution in [0.2, 0.25) is 0 Å². The number of carboxylic acid groups (broad SMARTS) is 1. The molecule has 4 heteroatoms. The molecule has 2 rings (SSSR count). The van der Waals surface area contributed by atoms with Gasteiger partial charge in [0.2, 0.25) is 0 Å². The van der Waals surface area contributed by atoms with E-state index < -0.39 is 5.97 Å². The lowest BCUT2D eigenvalue weighted by molar-refractivity contribution is -0.137. The van der Waals surface area contributed by atoms with Gasteiger partial charge in [0.05, 0.1) is 6.42 Å². The van der Waals surface area contributed by atoms with Gasteiger partial charge in [0.15, 0.2) is 0 Å². The molecule has 0 aromatic heterocycles. The maximum atomic E-state index is 12.9. The molecule has 0 bridgehead atoms. The molecular weight excluding hydrogens is 215 g/mol. The lowest BCUT2D eigenvalue weighted by Crippen LogP contribution is -2.11. The molecule has 1 aromatic rings. The molecular formula is C11H11FO2S. The fraction of sp³-hybridized carbons (Fsp3) is 0.364. The second-order valence-corrected chi connectivity index (χ2v) is 5.13. The average Bonchev–Trinajstić information content (AvgIpc) is 2.41. The zero-order valence-electron chi connectivity index (χ0n) is 8.24. The highest BCUT2D eigenvalue weighted by Gasteiger charge is 2.31. The summed E-state index contributed by atoms with van der Waals surface area (Å²) in [6.45, 7) is 1.98. The van der Waals surface area contributed by atoms with Gasteiger partial charge < -0.3 is 5.11 Å². The summed E-state index contributed by atoms with van der Waals surface area (Å²) in [5.41, 5.74) is 0.969. The Morgan fingerprint density at radius 2 is 2.33 bits per heavy atom. The Morgan fingerprint density at radius 1 is 1.60 bits per heavy atom. The minimum atomic E-state index is -0.801. The van der Waals surface area contributed by atoms with Gasteiger partial charge in [-0.3, -0.25) is 4.79 Å². The fourth-order valence-corrected chi connectivity index (χ4v) is 3.26. The molecule has 1 aromatic carbocycles. The highest BCUT2D eigenvalue weighted by Crippen LogP contribution is 2.46. The van der Waals surface area contributed by atoms with Gasteiger partial charge in [-0.15, -0.1) is 11.8 Å². The summed E-state index contributed by atoms with van der Waals surface area (Å²) in [6.07, 6.45) is 0.118. The average molecular weight is 226 g/mol. The van der Waals surface area contributed by atoms with Crippen molar-refractivity contribution in [2.75, 3.05) is 0 Å². The second kappa shape index (κ2) is 3.85. The van der Waals surface area contributed by atoms with Gasteiger partial charge in [-0.25, -0.2) is 4.39 Å². The van der Waals surface area contributed by atoms with Crippen molar-refractivity contribution in [1.82, 2.24) is 0 Å². The summed E-state index contributed by atoms with van der Waals surface area (Å²) in [5, 5.41) is 8.99. The first-order chi connectivity index (χ1) is 7.08.